The zero-order valence-corrected chi connectivity index (χ0v) is 18.4. The molecule has 8 nitrogen and oxygen atoms in total. The molecule has 1 aromatic heterocycles. The first-order valence-electron chi connectivity index (χ1n) is 9.71. The molecule has 32 heavy (non-hydrogen) atoms. The number of aromatic nitrogens is 2. The molecule has 10 heteroatoms. The van der Waals surface area contributed by atoms with E-state index in [0.717, 1.165) is 0 Å². The molecule has 0 radical (unpaired) electrons. The maximum Gasteiger partial charge on any atom is 0.254 e. The first kappa shape index (κ1) is 23.5. The summed E-state index contributed by atoms with van der Waals surface area (Å²) in [5.74, 6) is -0.561. The Morgan fingerprint density at radius 1 is 1.09 bits per heavy atom. The molecule has 0 aliphatic rings. The van der Waals surface area contributed by atoms with Crippen LogP contribution in [0.2, 0.25) is 0 Å². The van der Waals surface area contributed by atoms with Gasteiger partial charge in [-0.15, -0.1) is 0 Å². The summed E-state index contributed by atoms with van der Waals surface area (Å²) in [6, 6.07) is 11.9. The second kappa shape index (κ2) is 9.51. The van der Waals surface area contributed by atoms with E-state index in [2.05, 4.69) is 20.0 Å². The van der Waals surface area contributed by atoms with Gasteiger partial charge in [-0.25, -0.2) is 27.5 Å². The van der Waals surface area contributed by atoms with Gasteiger partial charge in [0.1, 0.15) is 5.82 Å². The molecule has 3 rings (SSSR count). The van der Waals surface area contributed by atoms with Gasteiger partial charge in [-0.1, -0.05) is 24.3 Å². The summed E-state index contributed by atoms with van der Waals surface area (Å²) >= 11 is 0. The molecule has 0 aliphatic carbocycles. The molecule has 0 saturated heterocycles. The zero-order valence-electron chi connectivity index (χ0n) is 17.5. The van der Waals surface area contributed by atoms with Crippen LogP contribution in [0.15, 0.2) is 65.8 Å². The van der Waals surface area contributed by atoms with Gasteiger partial charge in [0.2, 0.25) is 10.0 Å². The van der Waals surface area contributed by atoms with E-state index in [-0.39, 0.29) is 29.4 Å². The SMILES string of the molecule is CC(C)(O)CNS(=O)(=O)c1cccc(CNC(=O)c2cnc(-c3cccc(F)c3)nc2)c1. The van der Waals surface area contributed by atoms with Crippen molar-refractivity contribution in [1.29, 1.82) is 0 Å². The molecule has 1 heterocycles. The number of sulfonamides is 1. The summed E-state index contributed by atoms with van der Waals surface area (Å²) < 4.78 is 40.5. The van der Waals surface area contributed by atoms with Gasteiger partial charge in [-0.2, -0.15) is 0 Å². The third-order valence-corrected chi connectivity index (χ3v) is 5.75. The highest BCUT2D eigenvalue weighted by Gasteiger charge is 2.20. The first-order valence-corrected chi connectivity index (χ1v) is 11.2. The van der Waals surface area contributed by atoms with Crippen molar-refractivity contribution < 1.29 is 22.7 Å². The van der Waals surface area contributed by atoms with Crippen molar-refractivity contribution in [2.24, 2.45) is 0 Å². The number of rotatable bonds is 8. The predicted octanol–water partition coefficient (Wildman–Crippen LogP) is 2.26. The number of aliphatic hydroxyl groups is 1. The minimum Gasteiger partial charge on any atom is -0.389 e. The molecule has 0 bridgehead atoms. The maximum atomic E-state index is 13.3. The quantitative estimate of drug-likeness (QED) is 0.476. The van der Waals surface area contributed by atoms with Gasteiger partial charge in [0.15, 0.2) is 5.82 Å². The van der Waals surface area contributed by atoms with Crippen LogP contribution < -0.4 is 10.0 Å². The topological polar surface area (TPSA) is 121 Å². The van der Waals surface area contributed by atoms with Gasteiger partial charge < -0.3 is 10.4 Å². The summed E-state index contributed by atoms with van der Waals surface area (Å²) in [6.07, 6.45) is 2.67. The zero-order chi connectivity index (χ0) is 23.4. The number of nitrogens with zero attached hydrogens (tertiary/aromatic N) is 2. The van der Waals surface area contributed by atoms with Crippen LogP contribution in [0.1, 0.15) is 29.8 Å². The third-order valence-electron chi connectivity index (χ3n) is 4.35. The molecule has 0 saturated carbocycles. The lowest BCUT2D eigenvalue weighted by molar-refractivity contribution is 0.0856. The Morgan fingerprint density at radius 3 is 2.44 bits per heavy atom. The van der Waals surface area contributed by atoms with Gasteiger partial charge in [0.25, 0.3) is 5.91 Å². The monoisotopic (exact) mass is 458 g/mol. The number of hydrogen-bond donors (Lipinski definition) is 3. The van der Waals surface area contributed by atoms with Crippen LogP contribution in [0.3, 0.4) is 0 Å². The number of amides is 1. The molecule has 0 atom stereocenters. The maximum absolute atomic E-state index is 13.3. The van der Waals surface area contributed by atoms with Crippen LogP contribution in [0.4, 0.5) is 4.39 Å². The van der Waals surface area contributed by atoms with Gasteiger partial charge in [-0.05, 0) is 43.7 Å². The minimum atomic E-state index is -3.81. The number of carbonyl (C=O) groups excluding carboxylic acids is 1. The fraction of sp³-hybridized carbons (Fsp3) is 0.227. The Balaban J connectivity index is 1.64. The highest BCUT2D eigenvalue weighted by Crippen LogP contribution is 2.16. The number of carbonyl (C=O) groups is 1. The highest BCUT2D eigenvalue weighted by atomic mass is 32.2. The molecule has 3 N–H and O–H groups in total. The van der Waals surface area contributed by atoms with E-state index in [1.54, 1.807) is 24.3 Å². The summed E-state index contributed by atoms with van der Waals surface area (Å²) in [5, 5.41) is 12.4. The standard InChI is InChI=1S/C22H23FN4O4S/c1-22(2,29)14-27-32(30,31)19-8-3-5-15(9-19)11-26-21(28)17-12-24-20(25-13-17)16-6-4-7-18(23)10-16/h3-10,12-13,27,29H,11,14H2,1-2H3,(H,26,28). The van der Waals surface area contributed by atoms with E-state index in [0.29, 0.717) is 11.1 Å². The van der Waals surface area contributed by atoms with Crippen LogP contribution in [0, 0.1) is 5.82 Å². The Hall–Kier alpha value is -3.21. The number of benzene rings is 2. The Morgan fingerprint density at radius 2 is 1.78 bits per heavy atom. The normalized spacial score (nSPS) is 11.9. The minimum absolute atomic E-state index is 0.0243. The van der Waals surface area contributed by atoms with Crippen LogP contribution in [0.5, 0.6) is 0 Å². The van der Waals surface area contributed by atoms with Crippen molar-refractivity contribution in [3.63, 3.8) is 0 Å². The molecule has 0 aliphatic heterocycles. The molecule has 3 aromatic rings. The lowest BCUT2D eigenvalue weighted by Crippen LogP contribution is -2.38. The van der Waals surface area contributed by atoms with E-state index in [1.807, 2.05) is 0 Å². The molecule has 0 fully saturated rings. The first-order chi connectivity index (χ1) is 15.0. The second-order valence-corrected chi connectivity index (χ2v) is 9.54. The molecule has 0 unspecified atom stereocenters. The van der Waals surface area contributed by atoms with Crippen molar-refractivity contribution in [1.82, 2.24) is 20.0 Å². The summed E-state index contributed by atoms with van der Waals surface area (Å²) in [5.41, 5.74) is 0.0843. The van der Waals surface area contributed by atoms with Crippen LogP contribution in [0.25, 0.3) is 11.4 Å². The fourth-order valence-corrected chi connectivity index (χ4v) is 3.96. The number of halogens is 1. The Bertz CT molecular complexity index is 1210. The van der Waals surface area contributed by atoms with Crippen LogP contribution in [-0.4, -0.2) is 41.5 Å². The fourth-order valence-electron chi connectivity index (χ4n) is 2.68. The van der Waals surface area contributed by atoms with E-state index in [9.17, 15) is 22.7 Å². The van der Waals surface area contributed by atoms with Crippen molar-refractivity contribution in [2.75, 3.05) is 6.54 Å². The van der Waals surface area contributed by atoms with Gasteiger partial charge in [0.05, 0.1) is 16.1 Å². The van der Waals surface area contributed by atoms with Crippen molar-refractivity contribution in [3.05, 3.63) is 77.9 Å². The predicted molar refractivity (Wildman–Crippen MR) is 117 cm³/mol. The third kappa shape index (κ3) is 6.39. The van der Waals surface area contributed by atoms with E-state index < -0.39 is 27.3 Å². The summed E-state index contributed by atoms with van der Waals surface area (Å²) in [4.78, 5) is 20.6. The average Bonchev–Trinajstić information content (AvgIpc) is 2.76. The van der Waals surface area contributed by atoms with Crippen molar-refractivity contribution in [3.8, 4) is 11.4 Å². The molecular formula is C22H23FN4O4S. The average molecular weight is 459 g/mol. The smallest absolute Gasteiger partial charge is 0.254 e. The molecule has 168 valence electrons. The molecule has 0 spiro atoms. The summed E-state index contributed by atoms with van der Waals surface area (Å²) in [6.45, 7) is 2.94. The Labute approximate surface area is 185 Å². The van der Waals surface area contributed by atoms with Crippen LogP contribution >= 0.6 is 0 Å². The number of nitrogens with one attached hydrogen (secondary N) is 2. The molecular weight excluding hydrogens is 435 g/mol. The van der Waals surface area contributed by atoms with Crippen molar-refractivity contribution in [2.45, 2.75) is 30.9 Å². The molecule has 2 aromatic carbocycles. The largest absolute Gasteiger partial charge is 0.389 e. The summed E-state index contributed by atoms with van der Waals surface area (Å²) in [7, 11) is -3.81. The Kier molecular flexibility index (Phi) is 6.97. The van der Waals surface area contributed by atoms with Gasteiger partial charge in [-0.3, -0.25) is 4.79 Å². The highest BCUT2D eigenvalue weighted by molar-refractivity contribution is 7.89. The van der Waals surface area contributed by atoms with Crippen LogP contribution in [-0.2, 0) is 16.6 Å². The van der Waals surface area contributed by atoms with Gasteiger partial charge in [0, 0.05) is 31.0 Å². The van der Waals surface area contributed by atoms with Crippen molar-refractivity contribution >= 4 is 15.9 Å². The molecule has 1 amide bonds. The van der Waals surface area contributed by atoms with E-state index in [1.165, 1.54) is 50.5 Å². The lowest BCUT2D eigenvalue weighted by atomic mass is 10.1. The van der Waals surface area contributed by atoms with E-state index in [4.69, 9.17) is 0 Å². The lowest BCUT2D eigenvalue weighted by Gasteiger charge is -2.18. The van der Waals surface area contributed by atoms with E-state index >= 15 is 0 Å². The van der Waals surface area contributed by atoms with Gasteiger partial charge >= 0.3 is 0 Å². The number of hydrogen-bond acceptors (Lipinski definition) is 6. The second-order valence-electron chi connectivity index (χ2n) is 7.77.